The highest BCUT2D eigenvalue weighted by molar-refractivity contribution is 5.93. The fourth-order valence-corrected chi connectivity index (χ4v) is 5.06. The number of nitrogens with one attached hydrogen (secondary N) is 1. The van der Waals surface area contributed by atoms with Crippen molar-refractivity contribution in [2.24, 2.45) is 5.92 Å². The van der Waals surface area contributed by atoms with Crippen molar-refractivity contribution in [2.45, 2.75) is 56.3 Å². The number of anilines is 1. The van der Waals surface area contributed by atoms with Gasteiger partial charge in [-0.1, -0.05) is 18.2 Å². The van der Waals surface area contributed by atoms with E-state index in [2.05, 4.69) is 15.1 Å². The molecule has 1 aromatic carbocycles. The number of hydrogen-bond acceptors (Lipinski definition) is 3. The minimum absolute atomic E-state index is 0. The van der Waals surface area contributed by atoms with Crippen molar-refractivity contribution < 1.29 is 18.0 Å². The van der Waals surface area contributed by atoms with Crippen LogP contribution in [0.4, 0.5) is 18.9 Å². The zero-order chi connectivity index (χ0) is 19.1. The fraction of sp³-hybridized carbons (Fsp3) is 0.650. The molecule has 0 aromatic heterocycles. The first-order valence-electron chi connectivity index (χ1n) is 9.82. The summed E-state index contributed by atoms with van der Waals surface area (Å²) in [6, 6.07) is 10.2. The molecule has 0 atom stereocenters. The number of likely N-dealkylation sites (tertiary alicyclic amines) is 1. The first-order chi connectivity index (χ1) is 12.9. The molecule has 156 valence electrons. The van der Waals surface area contributed by atoms with Gasteiger partial charge in [0.15, 0.2) is 0 Å². The average Bonchev–Trinajstić information content (AvgIpc) is 2.98. The summed E-state index contributed by atoms with van der Waals surface area (Å²) >= 11 is 0. The summed E-state index contributed by atoms with van der Waals surface area (Å²) in [7, 11) is 0. The number of halogens is 4. The van der Waals surface area contributed by atoms with Crippen molar-refractivity contribution in [1.29, 1.82) is 0 Å². The highest BCUT2D eigenvalue weighted by Crippen LogP contribution is 2.41. The summed E-state index contributed by atoms with van der Waals surface area (Å²) < 4.78 is 38.7. The number of rotatable bonds is 2. The second-order valence-corrected chi connectivity index (χ2v) is 8.04. The van der Waals surface area contributed by atoms with Crippen LogP contribution in [-0.4, -0.2) is 48.3 Å². The number of hydrogen-bond donors (Lipinski definition) is 1. The van der Waals surface area contributed by atoms with E-state index in [-0.39, 0.29) is 37.2 Å². The predicted octanol–water partition coefficient (Wildman–Crippen LogP) is 3.96. The van der Waals surface area contributed by atoms with Crippen LogP contribution in [0.25, 0.3) is 0 Å². The molecule has 4 rings (SSSR count). The van der Waals surface area contributed by atoms with Crippen molar-refractivity contribution in [1.82, 2.24) is 10.2 Å². The molecule has 8 heteroatoms. The average molecular weight is 418 g/mol. The van der Waals surface area contributed by atoms with Gasteiger partial charge in [-0.05, 0) is 50.7 Å². The maximum atomic E-state index is 12.9. The van der Waals surface area contributed by atoms with Gasteiger partial charge in [-0.2, -0.15) is 13.2 Å². The summed E-state index contributed by atoms with van der Waals surface area (Å²) in [6.07, 6.45) is -0.967. The van der Waals surface area contributed by atoms with Crippen LogP contribution in [0.1, 0.15) is 38.5 Å². The van der Waals surface area contributed by atoms with E-state index in [1.165, 1.54) is 0 Å². The molecule has 1 aromatic rings. The van der Waals surface area contributed by atoms with Gasteiger partial charge >= 0.3 is 6.18 Å². The molecule has 1 N–H and O–H groups in total. The highest BCUT2D eigenvalue weighted by atomic mass is 35.5. The number of nitrogens with zero attached hydrogens (tertiary/aromatic N) is 2. The molecule has 0 radical (unpaired) electrons. The minimum atomic E-state index is -4.06. The van der Waals surface area contributed by atoms with E-state index in [0.29, 0.717) is 32.4 Å². The molecular weight excluding hydrogens is 391 g/mol. The van der Waals surface area contributed by atoms with Gasteiger partial charge < -0.3 is 15.1 Å². The number of piperidine rings is 1. The van der Waals surface area contributed by atoms with Crippen LogP contribution >= 0.6 is 12.4 Å². The third kappa shape index (κ3) is 3.83. The van der Waals surface area contributed by atoms with Gasteiger partial charge in [0.2, 0.25) is 5.91 Å². The molecule has 1 spiro atoms. The molecule has 2 saturated heterocycles. The molecule has 2 aliphatic heterocycles. The highest BCUT2D eigenvalue weighted by Gasteiger charge is 2.51. The van der Waals surface area contributed by atoms with Gasteiger partial charge in [-0.25, -0.2) is 0 Å². The topological polar surface area (TPSA) is 35.6 Å². The number of carbonyl (C=O) groups is 1. The molecule has 1 saturated carbocycles. The van der Waals surface area contributed by atoms with Crippen LogP contribution in [0.2, 0.25) is 0 Å². The Hall–Kier alpha value is -1.47. The van der Waals surface area contributed by atoms with E-state index in [1.54, 1.807) is 0 Å². The van der Waals surface area contributed by atoms with Gasteiger partial charge in [0.1, 0.15) is 5.54 Å². The lowest BCUT2D eigenvalue weighted by atomic mass is 9.81. The van der Waals surface area contributed by atoms with E-state index in [0.717, 1.165) is 18.8 Å². The van der Waals surface area contributed by atoms with Gasteiger partial charge in [-0.15, -0.1) is 12.4 Å². The van der Waals surface area contributed by atoms with Gasteiger partial charge in [0, 0.05) is 24.8 Å². The van der Waals surface area contributed by atoms with Gasteiger partial charge in [-0.3, -0.25) is 4.79 Å². The molecule has 2 heterocycles. The lowest BCUT2D eigenvalue weighted by Gasteiger charge is -2.46. The SMILES string of the molecule is Cl.O=C1NCN(c2ccccc2)C12CCN(C1CCC(C(F)(F)F)CC1)CC2. The van der Waals surface area contributed by atoms with Crippen LogP contribution in [0.5, 0.6) is 0 Å². The van der Waals surface area contributed by atoms with E-state index in [4.69, 9.17) is 0 Å². The van der Waals surface area contributed by atoms with Crippen molar-refractivity contribution in [2.75, 3.05) is 24.7 Å². The third-order valence-corrected chi connectivity index (χ3v) is 6.71. The normalized spacial score (nSPS) is 28.1. The Kier molecular flexibility index (Phi) is 6.15. The fourth-order valence-electron chi connectivity index (χ4n) is 5.06. The van der Waals surface area contributed by atoms with Crippen LogP contribution in [-0.2, 0) is 4.79 Å². The quantitative estimate of drug-likeness (QED) is 0.791. The van der Waals surface area contributed by atoms with Crippen molar-refractivity contribution in [3.63, 3.8) is 0 Å². The van der Waals surface area contributed by atoms with Crippen molar-refractivity contribution >= 4 is 24.0 Å². The standard InChI is InChI=1S/C20H26F3N3O.ClH/c21-20(22,23)15-6-8-16(9-7-15)25-12-10-19(11-13-25)18(27)24-14-26(19)17-4-2-1-3-5-17;/h1-5,15-16H,6-14H2,(H,24,27);1H. The van der Waals surface area contributed by atoms with Gasteiger partial charge in [0.05, 0.1) is 12.6 Å². The molecular formula is C20H27ClF3N3O. The number of carbonyl (C=O) groups excluding carboxylic acids is 1. The van der Waals surface area contributed by atoms with E-state index in [9.17, 15) is 18.0 Å². The summed E-state index contributed by atoms with van der Waals surface area (Å²) in [4.78, 5) is 17.1. The molecule has 1 aliphatic carbocycles. The van der Waals surface area contributed by atoms with Crippen LogP contribution in [0, 0.1) is 5.92 Å². The Morgan fingerprint density at radius 3 is 2.18 bits per heavy atom. The van der Waals surface area contributed by atoms with E-state index < -0.39 is 17.6 Å². The molecule has 3 aliphatic rings. The summed E-state index contributed by atoms with van der Waals surface area (Å²) in [6.45, 7) is 2.04. The third-order valence-electron chi connectivity index (χ3n) is 6.71. The first-order valence-corrected chi connectivity index (χ1v) is 9.82. The van der Waals surface area contributed by atoms with Gasteiger partial charge in [0.25, 0.3) is 0 Å². The Morgan fingerprint density at radius 1 is 1.00 bits per heavy atom. The number of para-hydroxylation sites is 1. The summed E-state index contributed by atoms with van der Waals surface area (Å²) in [5, 5.41) is 2.99. The number of alkyl halides is 3. The molecule has 0 bridgehead atoms. The summed E-state index contributed by atoms with van der Waals surface area (Å²) in [5.74, 6) is -1.06. The second kappa shape index (κ2) is 8.11. The van der Waals surface area contributed by atoms with Crippen LogP contribution < -0.4 is 10.2 Å². The van der Waals surface area contributed by atoms with Crippen LogP contribution in [0.15, 0.2) is 30.3 Å². The molecule has 3 fully saturated rings. The summed E-state index contributed by atoms with van der Waals surface area (Å²) in [5.41, 5.74) is 0.510. The lowest BCUT2D eigenvalue weighted by molar-refractivity contribution is -0.184. The van der Waals surface area contributed by atoms with Crippen molar-refractivity contribution in [3.8, 4) is 0 Å². The van der Waals surface area contributed by atoms with Crippen molar-refractivity contribution in [3.05, 3.63) is 30.3 Å². The molecule has 4 nitrogen and oxygen atoms in total. The zero-order valence-corrected chi connectivity index (χ0v) is 16.6. The van der Waals surface area contributed by atoms with E-state index >= 15 is 0 Å². The monoisotopic (exact) mass is 417 g/mol. The Morgan fingerprint density at radius 2 is 1.61 bits per heavy atom. The minimum Gasteiger partial charge on any atom is -0.339 e. The Bertz CT molecular complexity index is 669. The Balaban J connectivity index is 0.00000225. The largest absolute Gasteiger partial charge is 0.391 e. The zero-order valence-electron chi connectivity index (χ0n) is 15.8. The second-order valence-electron chi connectivity index (χ2n) is 8.04. The Labute approximate surface area is 169 Å². The predicted molar refractivity (Wildman–Crippen MR) is 105 cm³/mol. The molecule has 1 amide bonds. The maximum absolute atomic E-state index is 12.9. The maximum Gasteiger partial charge on any atom is 0.391 e. The lowest BCUT2D eigenvalue weighted by Crippen LogP contribution is -2.58. The molecule has 0 unspecified atom stereocenters. The number of benzene rings is 1. The number of amides is 1. The molecule has 28 heavy (non-hydrogen) atoms. The van der Waals surface area contributed by atoms with Crippen LogP contribution in [0.3, 0.4) is 0 Å². The first kappa shape index (κ1) is 21.2. The smallest absolute Gasteiger partial charge is 0.339 e. The van der Waals surface area contributed by atoms with E-state index in [1.807, 2.05) is 30.3 Å².